The first kappa shape index (κ1) is 17.1. The molecule has 1 aromatic heterocycles. The van der Waals surface area contributed by atoms with E-state index in [-0.39, 0.29) is 25.0 Å². The molecule has 2 amide bonds. The third-order valence-electron chi connectivity index (χ3n) is 3.87. The van der Waals surface area contributed by atoms with Gasteiger partial charge in [0.1, 0.15) is 12.5 Å². The van der Waals surface area contributed by atoms with Gasteiger partial charge in [-0.2, -0.15) is 4.98 Å². The largest absolute Gasteiger partial charge is 0.368 e. The van der Waals surface area contributed by atoms with E-state index in [1.165, 1.54) is 0 Å². The molecular formula is C17H20N4O4. The van der Waals surface area contributed by atoms with Crippen LogP contribution in [0.3, 0.4) is 0 Å². The van der Waals surface area contributed by atoms with Crippen LogP contribution in [0.5, 0.6) is 0 Å². The van der Waals surface area contributed by atoms with Crippen molar-refractivity contribution < 1.29 is 18.8 Å². The number of carbonyl (C=O) groups excluding carboxylic acids is 2. The molecule has 8 heteroatoms. The van der Waals surface area contributed by atoms with Crippen molar-refractivity contribution in [3.8, 4) is 0 Å². The van der Waals surface area contributed by atoms with Crippen molar-refractivity contribution >= 4 is 17.5 Å². The Labute approximate surface area is 144 Å². The van der Waals surface area contributed by atoms with Crippen LogP contribution in [0.1, 0.15) is 42.6 Å². The summed E-state index contributed by atoms with van der Waals surface area (Å²) < 4.78 is 10.6. The fraction of sp³-hybridized carbons (Fsp3) is 0.412. The number of rotatable bonds is 6. The van der Waals surface area contributed by atoms with Gasteiger partial charge in [-0.3, -0.25) is 9.59 Å². The van der Waals surface area contributed by atoms with Crippen LogP contribution in [-0.2, 0) is 20.9 Å². The molecule has 1 aliphatic heterocycles. The second-order valence-corrected chi connectivity index (χ2v) is 5.87. The molecule has 2 N–H and O–H groups in total. The smallest absolute Gasteiger partial charge is 0.255 e. The number of aryl methyl sites for hydroxylation is 1. The Morgan fingerprint density at radius 2 is 2.12 bits per heavy atom. The van der Waals surface area contributed by atoms with Crippen LogP contribution >= 0.6 is 0 Å². The first-order valence-corrected chi connectivity index (χ1v) is 8.18. The third kappa shape index (κ3) is 4.63. The van der Waals surface area contributed by atoms with E-state index in [0.717, 1.165) is 18.4 Å². The Kier molecular flexibility index (Phi) is 5.39. The molecule has 25 heavy (non-hydrogen) atoms. The van der Waals surface area contributed by atoms with E-state index in [1.807, 2.05) is 25.1 Å². The minimum atomic E-state index is -0.408. The van der Waals surface area contributed by atoms with Crippen LogP contribution in [0.25, 0.3) is 0 Å². The van der Waals surface area contributed by atoms with Gasteiger partial charge in [-0.1, -0.05) is 23.4 Å². The van der Waals surface area contributed by atoms with Gasteiger partial charge in [-0.15, -0.1) is 0 Å². The van der Waals surface area contributed by atoms with Crippen LogP contribution < -0.4 is 10.6 Å². The van der Waals surface area contributed by atoms with Crippen molar-refractivity contribution in [3.05, 3.63) is 41.5 Å². The van der Waals surface area contributed by atoms with Crippen molar-refractivity contribution in [3.63, 3.8) is 0 Å². The maximum atomic E-state index is 11.9. The maximum absolute atomic E-state index is 11.9. The Morgan fingerprint density at radius 3 is 2.88 bits per heavy atom. The maximum Gasteiger partial charge on any atom is 0.255 e. The first-order valence-electron chi connectivity index (χ1n) is 8.18. The van der Waals surface area contributed by atoms with E-state index >= 15 is 0 Å². The van der Waals surface area contributed by atoms with Gasteiger partial charge in [-0.05, 0) is 31.4 Å². The van der Waals surface area contributed by atoms with Crippen molar-refractivity contribution in [2.24, 2.45) is 0 Å². The highest BCUT2D eigenvalue weighted by atomic mass is 16.5. The van der Waals surface area contributed by atoms with E-state index in [2.05, 4.69) is 20.8 Å². The quantitative estimate of drug-likeness (QED) is 0.775. The SMILES string of the molecule is Cc1ccccc1NC(=O)CC(=O)NCc1noc(C2CCCO2)n1. The van der Waals surface area contributed by atoms with Gasteiger partial charge in [0.15, 0.2) is 5.82 Å². The van der Waals surface area contributed by atoms with Gasteiger partial charge in [0.05, 0.1) is 6.54 Å². The van der Waals surface area contributed by atoms with E-state index in [9.17, 15) is 9.59 Å². The van der Waals surface area contributed by atoms with E-state index in [4.69, 9.17) is 9.26 Å². The molecule has 2 heterocycles. The summed E-state index contributed by atoms with van der Waals surface area (Å²) in [6, 6.07) is 7.38. The summed E-state index contributed by atoms with van der Waals surface area (Å²) in [5, 5.41) is 9.13. The van der Waals surface area contributed by atoms with Crippen molar-refractivity contribution in [2.75, 3.05) is 11.9 Å². The van der Waals surface area contributed by atoms with Crippen LogP contribution in [0.15, 0.2) is 28.8 Å². The lowest BCUT2D eigenvalue weighted by Gasteiger charge is -2.07. The number of hydrogen-bond acceptors (Lipinski definition) is 6. The molecule has 1 fully saturated rings. The molecule has 3 rings (SSSR count). The van der Waals surface area contributed by atoms with Gasteiger partial charge < -0.3 is 19.9 Å². The number of benzene rings is 1. The summed E-state index contributed by atoms with van der Waals surface area (Å²) in [6.07, 6.45) is 1.39. The van der Waals surface area contributed by atoms with Crippen molar-refractivity contribution in [1.82, 2.24) is 15.5 Å². The van der Waals surface area contributed by atoms with Crippen LogP contribution in [0.2, 0.25) is 0 Å². The van der Waals surface area contributed by atoms with E-state index < -0.39 is 5.91 Å². The van der Waals surface area contributed by atoms with Gasteiger partial charge in [0, 0.05) is 12.3 Å². The Bertz CT molecular complexity index is 753. The van der Waals surface area contributed by atoms with E-state index in [0.29, 0.717) is 24.0 Å². The number of para-hydroxylation sites is 1. The Balaban J connectivity index is 1.45. The molecule has 2 aromatic rings. The summed E-state index contributed by atoms with van der Waals surface area (Å²) in [4.78, 5) is 28.0. The standard InChI is InChI=1S/C17H20N4O4/c1-11-5-2-3-6-12(11)19-16(23)9-15(22)18-10-14-20-17(25-21-14)13-7-4-8-24-13/h2-3,5-6,13H,4,7-10H2,1H3,(H,18,22)(H,19,23). The van der Waals surface area contributed by atoms with E-state index in [1.54, 1.807) is 6.07 Å². The number of hydrogen-bond donors (Lipinski definition) is 2. The van der Waals surface area contributed by atoms with Crippen LogP contribution in [0.4, 0.5) is 5.69 Å². The van der Waals surface area contributed by atoms with Crippen molar-refractivity contribution in [2.45, 2.75) is 38.8 Å². The summed E-state index contributed by atoms with van der Waals surface area (Å²) in [7, 11) is 0. The zero-order valence-electron chi connectivity index (χ0n) is 13.9. The fourth-order valence-electron chi connectivity index (χ4n) is 2.54. The minimum absolute atomic E-state index is 0.104. The highest BCUT2D eigenvalue weighted by Crippen LogP contribution is 2.26. The van der Waals surface area contributed by atoms with Crippen LogP contribution in [0, 0.1) is 6.92 Å². The number of aromatic nitrogens is 2. The minimum Gasteiger partial charge on any atom is -0.368 e. The number of carbonyl (C=O) groups is 2. The van der Waals surface area contributed by atoms with Gasteiger partial charge in [0.25, 0.3) is 5.89 Å². The topological polar surface area (TPSA) is 106 Å². The third-order valence-corrected chi connectivity index (χ3v) is 3.87. The Morgan fingerprint density at radius 1 is 1.28 bits per heavy atom. The molecule has 132 valence electrons. The molecule has 1 saturated heterocycles. The molecule has 1 aliphatic rings. The number of nitrogens with zero attached hydrogens (tertiary/aromatic N) is 2. The zero-order chi connectivity index (χ0) is 17.6. The fourth-order valence-corrected chi connectivity index (χ4v) is 2.54. The number of nitrogens with one attached hydrogen (secondary N) is 2. The molecule has 8 nitrogen and oxygen atoms in total. The second kappa shape index (κ2) is 7.89. The van der Waals surface area contributed by atoms with Gasteiger partial charge in [-0.25, -0.2) is 0 Å². The molecule has 1 aromatic carbocycles. The predicted molar refractivity (Wildman–Crippen MR) is 88.5 cm³/mol. The number of anilines is 1. The molecule has 0 saturated carbocycles. The molecule has 1 unspecified atom stereocenters. The highest BCUT2D eigenvalue weighted by molar-refractivity contribution is 6.03. The lowest BCUT2D eigenvalue weighted by atomic mass is 10.2. The van der Waals surface area contributed by atoms with Gasteiger partial charge >= 0.3 is 0 Å². The number of ether oxygens (including phenoxy) is 1. The molecule has 0 bridgehead atoms. The summed E-state index contributed by atoms with van der Waals surface area (Å²) in [5.41, 5.74) is 1.63. The summed E-state index contributed by atoms with van der Waals surface area (Å²) in [6.45, 7) is 2.68. The molecule has 0 spiro atoms. The van der Waals surface area contributed by atoms with Crippen molar-refractivity contribution in [1.29, 1.82) is 0 Å². The summed E-state index contributed by atoms with van der Waals surface area (Å²) >= 11 is 0. The second-order valence-electron chi connectivity index (χ2n) is 5.87. The average molecular weight is 344 g/mol. The van der Waals surface area contributed by atoms with Crippen LogP contribution in [-0.4, -0.2) is 28.6 Å². The monoisotopic (exact) mass is 344 g/mol. The molecule has 1 atom stereocenters. The first-order chi connectivity index (χ1) is 12.1. The molecule has 0 aliphatic carbocycles. The predicted octanol–water partition coefficient (Wildman–Crippen LogP) is 1.87. The molecular weight excluding hydrogens is 324 g/mol. The number of amides is 2. The highest BCUT2D eigenvalue weighted by Gasteiger charge is 2.23. The van der Waals surface area contributed by atoms with Gasteiger partial charge in [0.2, 0.25) is 11.8 Å². The normalized spacial score (nSPS) is 16.6. The molecule has 0 radical (unpaired) electrons. The lowest BCUT2D eigenvalue weighted by Crippen LogP contribution is -2.28. The zero-order valence-corrected chi connectivity index (χ0v) is 13.9. The summed E-state index contributed by atoms with van der Waals surface area (Å²) in [5.74, 6) is 0.00622. The average Bonchev–Trinajstić information content (AvgIpc) is 3.26. The lowest BCUT2D eigenvalue weighted by molar-refractivity contribution is -0.126. The Hall–Kier alpha value is -2.74.